The average molecular weight is 333 g/mol. The van der Waals surface area contributed by atoms with Crippen molar-refractivity contribution in [3.05, 3.63) is 12.2 Å². The molecule has 0 aliphatic heterocycles. The first-order valence-electron chi connectivity index (χ1n) is 9.80. The van der Waals surface area contributed by atoms with Gasteiger partial charge in [-0.05, 0) is 92.3 Å². The second-order valence-corrected chi connectivity index (χ2v) is 11.4. The summed E-state index contributed by atoms with van der Waals surface area (Å²) >= 11 is 7.44. The van der Waals surface area contributed by atoms with Crippen molar-refractivity contribution >= 4 is 24.4 Å². The zero-order valence-corrected chi connectivity index (χ0v) is 15.0. The molecule has 0 aromatic carbocycles. The topological polar surface area (TPSA) is 0 Å². The first kappa shape index (κ1) is 13.7. The van der Waals surface area contributed by atoms with E-state index >= 15 is 0 Å². The minimum atomic E-state index is 0.742. The third kappa shape index (κ3) is 1.70. The third-order valence-corrected chi connectivity index (χ3v) is 11.1. The molecule has 6 aliphatic rings. The fraction of sp³-hybridized carbons (Fsp3) is 0.900. The third-order valence-electron chi connectivity index (χ3n) is 8.71. The van der Waals surface area contributed by atoms with Crippen molar-refractivity contribution in [1.82, 2.24) is 0 Å². The number of hydrogen-bond donors (Lipinski definition) is 1. The SMILES string of the molecule is SC1CCC2C3CC(SC4CC5CC4C4CC=CC54)C(C3)C12. The van der Waals surface area contributed by atoms with Crippen molar-refractivity contribution in [2.45, 2.75) is 60.7 Å². The molecule has 11 atom stereocenters. The van der Waals surface area contributed by atoms with Crippen LogP contribution >= 0.6 is 24.4 Å². The van der Waals surface area contributed by atoms with Crippen LogP contribution in [0.5, 0.6) is 0 Å². The number of allylic oxidation sites excluding steroid dienone is 2. The summed E-state index contributed by atoms with van der Waals surface area (Å²) in [4.78, 5) is 0. The normalized spacial score (nSPS) is 63.8. The smallest absolute Gasteiger partial charge is 0.00842 e. The lowest BCUT2D eigenvalue weighted by molar-refractivity contribution is 0.266. The van der Waals surface area contributed by atoms with E-state index in [1.54, 1.807) is 25.7 Å². The summed E-state index contributed by atoms with van der Waals surface area (Å²) in [6.45, 7) is 0. The second-order valence-electron chi connectivity index (χ2n) is 9.29. The highest BCUT2D eigenvalue weighted by molar-refractivity contribution is 8.00. The fourth-order valence-electron chi connectivity index (χ4n) is 8.04. The first-order valence-corrected chi connectivity index (χ1v) is 11.3. The molecule has 22 heavy (non-hydrogen) atoms. The predicted octanol–water partition coefficient (Wildman–Crippen LogP) is 5.05. The van der Waals surface area contributed by atoms with Gasteiger partial charge in [-0.25, -0.2) is 0 Å². The van der Waals surface area contributed by atoms with Gasteiger partial charge in [0.05, 0.1) is 0 Å². The summed E-state index contributed by atoms with van der Waals surface area (Å²) in [7, 11) is 0. The number of fused-ring (bicyclic) bond motifs is 10. The van der Waals surface area contributed by atoms with Crippen molar-refractivity contribution < 1.29 is 0 Å². The second kappa shape index (κ2) is 4.75. The zero-order valence-electron chi connectivity index (χ0n) is 13.3. The van der Waals surface area contributed by atoms with Crippen LogP contribution in [0.4, 0.5) is 0 Å². The standard InChI is InChI=1S/C20H28S2/c21-17-5-4-13-11-7-16(20(13)17)19(9-11)22-18-8-10-6-15(18)14-3-1-2-12(10)14/h1-2,10-21H,3-9H2. The van der Waals surface area contributed by atoms with E-state index in [0.717, 1.165) is 63.1 Å². The van der Waals surface area contributed by atoms with Crippen LogP contribution in [-0.2, 0) is 0 Å². The molecule has 0 aromatic rings. The summed E-state index contributed by atoms with van der Waals surface area (Å²) in [6.07, 6.45) is 15.6. The monoisotopic (exact) mass is 332 g/mol. The van der Waals surface area contributed by atoms with Crippen LogP contribution in [-0.4, -0.2) is 15.7 Å². The largest absolute Gasteiger partial charge is 0.176 e. The van der Waals surface area contributed by atoms with Crippen molar-refractivity contribution in [2.24, 2.45) is 47.3 Å². The van der Waals surface area contributed by atoms with Crippen LogP contribution in [0, 0.1) is 47.3 Å². The van der Waals surface area contributed by atoms with E-state index in [9.17, 15) is 0 Å². The van der Waals surface area contributed by atoms with E-state index in [1.165, 1.54) is 19.3 Å². The number of thioether (sulfide) groups is 1. The predicted molar refractivity (Wildman–Crippen MR) is 97.3 cm³/mol. The fourth-order valence-corrected chi connectivity index (χ4v) is 10.8. The lowest BCUT2D eigenvalue weighted by Crippen LogP contribution is -2.34. The number of rotatable bonds is 2. The van der Waals surface area contributed by atoms with Gasteiger partial charge < -0.3 is 0 Å². The van der Waals surface area contributed by atoms with Gasteiger partial charge in [-0.3, -0.25) is 0 Å². The van der Waals surface area contributed by atoms with Crippen molar-refractivity contribution in [2.75, 3.05) is 0 Å². The summed E-state index contributed by atoms with van der Waals surface area (Å²) in [5.41, 5.74) is 0. The number of hydrogen-bond acceptors (Lipinski definition) is 2. The van der Waals surface area contributed by atoms with Crippen LogP contribution < -0.4 is 0 Å². The van der Waals surface area contributed by atoms with Gasteiger partial charge >= 0.3 is 0 Å². The van der Waals surface area contributed by atoms with E-state index in [1.807, 2.05) is 0 Å². The van der Waals surface area contributed by atoms with Crippen LogP contribution in [0.15, 0.2) is 12.2 Å². The van der Waals surface area contributed by atoms with E-state index in [-0.39, 0.29) is 0 Å². The van der Waals surface area contributed by atoms with E-state index in [0.29, 0.717) is 0 Å². The summed E-state index contributed by atoms with van der Waals surface area (Å²) in [6, 6.07) is 0. The van der Waals surface area contributed by atoms with Gasteiger partial charge in [0.2, 0.25) is 0 Å². The van der Waals surface area contributed by atoms with Crippen LogP contribution in [0.2, 0.25) is 0 Å². The quantitative estimate of drug-likeness (QED) is 0.545. The Kier molecular flexibility index (Phi) is 2.96. The summed E-state index contributed by atoms with van der Waals surface area (Å²) in [5, 5.41) is 2.77. The van der Waals surface area contributed by atoms with Gasteiger partial charge in [-0.1, -0.05) is 12.2 Å². The van der Waals surface area contributed by atoms with Gasteiger partial charge in [0.1, 0.15) is 0 Å². The molecule has 2 heteroatoms. The van der Waals surface area contributed by atoms with Crippen molar-refractivity contribution in [1.29, 1.82) is 0 Å². The maximum Gasteiger partial charge on any atom is 0.00842 e. The molecule has 5 saturated carbocycles. The lowest BCUT2D eigenvalue weighted by Gasteiger charge is -2.38. The maximum absolute atomic E-state index is 4.97. The lowest BCUT2D eigenvalue weighted by atomic mass is 9.81. The molecule has 0 nitrogen and oxygen atoms in total. The molecule has 0 aromatic heterocycles. The molecule has 0 N–H and O–H groups in total. The highest BCUT2D eigenvalue weighted by Gasteiger charge is 2.59. The van der Waals surface area contributed by atoms with Crippen molar-refractivity contribution in [3.8, 4) is 0 Å². The Balaban J connectivity index is 1.18. The number of thiol groups is 1. The summed E-state index contributed by atoms with van der Waals surface area (Å²) in [5.74, 6) is 8.37. The molecular formula is C20H28S2. The minimum absolute atomic E-state index is 0.742. The van der Waals surface area contributed by atoms with Crippen molar-refractivity contribution in [3.63, 3.8) is 0 Å². The molecule has 0 spiro atoms. The highest BCUT2D eigenvalue weighted by atomic mass is 32.2. The van der Waals surface area contributed by atoms with E-state index in [4.69, 9.17) is 12.6 Å². The van der Waals surface area contributed by atoms with Gasteiger partial charge in [0.25, 0.3) is 0 Å². The Hall–Kier alpha value is 0.440. The molecule has 0 heterocycles. The molecule has 6 rings (SSSR count). The molecular weight excluding hydrogens is 304 g/mol. The van der Waals surface area contributed by atoms with E-state index in [2.05, 4.69) is 23.9 Å². The molecule has 0 amide bonds. The maximum atomic E-state index is 4.97. The Morgan fingerprint density at radius 3 is 2.59 bits per heavy atom. The molecule has 120 valence electrons. The van der Waals surface area contributed by atoms with Crippen LogP contribution in [0.25, 0.3) is 0 Å². The average Bonchev–Trinajstić information content (AvgIpc) is 3.27. The molecule has 11 unspecified atom stereocenters. The molecule has 0 radical (unpaired) electrons. The zero-order chi connectivity index (χ0) is 14.4. The van der Waals surface area contributed by atoms with Gasteiger partial charge in [-0.2, -0.15) is 24.4 Å². The van der Waals surface area contributed by atoms with Crippen LogP contribution in [0.3, 0.4) is 0 Å². The van der Waals surface area contributed by atoms with Gasteiger partial charge in [0.15, 0.2) is 0 Å². The Bertz CT molecular complexity index is 514. The van der Waals surface area contributed by atoms with Crippen LogP contribution in [0.1, 0.15) is 44.9 Å². The van der Waals surface area contributed by atoms with Gasteiger partial charge in [-0.15, -0.1) is 0 Å². The first-order chi connectivity index (χ1) is 10.8. The summed E-state index contributed by atoms with van der Waals surface area (Å²) < 4.78 is 0. The Labute approximate surface area is 144 Å². The Morgan fingerprint density at radius 1 is 0.818 bits per heavy atom. The molecule has 6 aliphatic carbocycles. The minimum Gasteiger partial charge on any atom is -0.176 e. The molecule has 0 saturated heterocycles. The van der Waals surface area contributed by atoms with Gasteiger partial charge in [0, 0.05) is 15.7 Å². The molecule has 4 bridgehead atoms. The molecule has 5 fully saturated rings. The van der Waals surface area contributed by atoms with E-state index < -0.39 is 0 Å². The Morgan fingerprint density at radius 2 is 1.64 bits per heavy atom. The highest BCUT2D eigenvalue weighted by Crippen LogP contribution is 2.65.